The Kier molecular flexibility index (Phi) is 8.32. The van der Waals surface area contributed by atoms with Crippen molar-refractivity contribution in [3.05, 3.63) is 95.4 Å². The molecule has 1 aromatic heterocycles. The number of hydrogen-bond acceptors (Lipinski definition) is 8. The van der Waals surface area contributed by atoms with Gasteiger partial charge in [0.1, 0.15) is 19.0 Å². The fraction of sp³-hybridized carbons (Fsp3) is 0.185. The number of esters is 1. The molecule has 180 valence electrons. The minimum Gasteiger partial charge on any atom is -0.490 e. The second-order valence-electron chi connectivity index (χ2n) is 7.35. The van der Waals surface area contributed by atoms with Gasteiger partial charge in [-0.3, -0.25) is 0 Å². The molecule has 0 saturated heterocycles. The first-order valence-electron chi connectivity index (χ1n) is 11.1. The zero-order chi connectivity index (χ0) is 24.5. The second kappa shape index (κ2) is 12.0. The zero-order valence-electron chi connectivity index (χ0n) is 19.1. The summed E-state index contributed by atoms with van der Waals surface area (Å²) in [5.41, 5.74) is 0.468. The molecule has 0 bridgehead atoms. The molecule has 1 unspecified atom stereocenters. The minimum atomic E-state index is -1.32. The quantitative estimate of drug-likeness (QED) is 0.100. The average Bonchev–Trinajstić information content (AvgIpc) is 3.35. The first-order chi connectivity index (χ1) is 17.1. The van der Waals surface area contributed by atoms with Crippen LogP contribution >= 0.6 is 11.3 Å². The molecular formula is C27H25NO6S. The van der Waals surface area contributed by atoms with Crippen LogP contribution in [-0.2, 0) is 14.4 Å². The molecule has 3 aromatic carbocycles. The molecule has 4 rings (SSSR count). The van der Waals surface area contributed by atoms with E-state index in [2.05, 4.69) is 11.2 Å². The highest BCUT2D eigenvalue weighted by Crippen LogP contribution is 2.26. The van der Waals surface area contributed by atoms with E-state index in [4.69, 9.17) is 19.0 Å². The molecule has 0 amide bonds. The maximum atomic E-state index is 12.4. The molecular weight excluding hydrogens is 466 g/mol. The Morgan fingerprint density at radius 1 is 0.914 bits per heavy atom. The predicted octanol–water partition coefficient (Wildman–Crippen LogP) is 5.33. The highest BCUT2D eigenvalue weighted by Gasteiger charge is 2.20. The molecule has 8 heteroatoms. The third-order valence-corrected chi connectivity index (χ3v) is 5.93. The van der Waals surface area contributed by atoms with Crippen molar-refractivity contribution in [3.8, 4) is 10.8 Å². The third kappa shape index (κ3) is 6.59. The fourth-order valence-corrected chi connectivity index (χ4v) is 4.10. The van der Waals surface area contributed by atoms with E-state index in [0.29, 0.717) is 28.7 Å². The van der Waals surface area contributed by atoms with E-state index in [1.54, 1.807) is 43.3 Å². The van der Waals surface area contributed by atoms with Crippen molar-refractivity contribution in [2.24, 2.45) is 5.16 Å². The summed E-state index contributed by atoms with van der Waals surface area (Å²) in [6, 6.07) is 26.2. The van der Waals surface area contributed by atoms with Crippen molar-refractivity contribution in [2.75, 3.05) is 19.8 Å². The number of fused-ring (bicyclic) bond motifs is 1. The fourth-order valence-electron chi connectivity index (χ4n) is 3.25. The van der Waals surface area contributed by atoms with Crippen LogP contribution in [0.15, 0.2) is 90.1 Å². The minimum absolute atomic E-state index is 0.0471. The van der Waals surface area contributed by atoms with E-state index < -0.39 is 12.3 Å². The van der Waals surface area contributed by atoms with Crippen LogP contribution in [0, 0.1) is 0 Å². The molecule has 1 heterocycles. The Morgan fingerprint density at radius 3 is 2.46 bits per heavy atom. The maximum Gasteiger partial charge on any atom is 0.361 e. The molecule has 0 spiro atoms. The SMILES string of the molecule is CCOC(=O)C(=NOC(O)c1ccccc1)c1ccc(OCCOc2ccc3ccccc3c2)s1. The molecule has 7 nitrogen and oxygen atoms in total. The lowest BCUT2D eigenvalue weighted by Gasteiger charge is -2.10. The molecule has 4 aromatic rings. The van der Waals surface area contributed by atoms with E-state index in [9.17, 15) is 9.90 Å². The number of aliphatic hydroxyl groups is 1. The molecule has 0 aliphatic carbocycles. The summed E-state index contributed by atoms with van der Waals surface area (Å²) in [4.78, 5) is 18.1. The Balaban J connectivity index is 1.35. The van der Waals surface area contributed by atoms with E-state index in [-0.39, 0.29) is 12.3 Å². The van der Waals surface area contributed by atoms with Gasteiger partial charge < -0.3 is 24.2 Å². The first-order valence-corrected chi connectivity index (χ1v) is 11.9. The van der Waals surface area contributed by atoms with Gasteiger partial charge in [-0.15, -0.1) is 0 Å². The third-order valence-electron chi connectivity index (χ3n) is 4.93. The van der Waals surface area contributed by atoms with Crippen LogP contribution in [-0.4, -0.2) is 36.6 Å². The van der Waals surface area contributed by atoms with Crippen molar-refractivity contribution in [1.82, 2.24) is 0 Å². The van der Waals surface area contributed by atoms with Gasteiger partial charge >= 0.3 is 5.97 Å². The van der Waals surface area contributed by atoms with Crippen molar-refractivity contribution in [2.45, 2.75) is 13.2 Å². The average molecular weight is 492 g/mol. The number of hydrogen-bond donors (Lipinski definition) is 1. The summed E-state index contributed by atoms with van der Waals surface area (Å²) in [6.45, 7) is 2.56. The summed E-state index contributed by atoms with van der Waals surface area (Å²) in [5.74, 6) is 0.117. The maximum absolute atomic E-state index is 12.4. The number of oxime groups is 1. The number of carbonyl (C=O) groups excluding carboxylic acids is 1. The lowest BCUT2D eigenvalue weighted by Crippen LogP contribution is -2.18. The predicted molar refractivity (Wildman–Crippen MR) is 135 cm³/mol. The van der Waals surface area contributed by atoms with Gasteiger partial charge in [0.05, 0.1) is 11.5 Å². The highest BCUT2D eigenvalue weighted by atomic mass is 32.1. The van der Waals surface area contributed by atoms with Gasteiger partial charge in [-0.05, 0) is 42.0 Å². The van der Waals surface area contributed by atoms with Crippen LogP contribution in [0.1, 0.15) is 23.7 Å². The highest BCUT2D eigenvalue weighted by molar-refractivity contribution is 7.16. The van der Waals surface area contributed by atoms with Crippen LogP contribution in [0.25, 0.3) is 10.8 Å². The standard InChI is InChI=1S/C27H25NO6S/c1-2-31-27(30)25(28-34-26(29)20-9-4-3-5-10-20)23-14-15-24(35-23)33-17-16-32-22-13-12-19-8-6-7-11-21(19)18-22/h3-15,18,26,29H,2,16-17H2,1H3. The van der Waals surface area contributed by atoms with E-state index in [1.807, 2.05) is 42.5 Å². The first kappa shape index (κ1) is 24.3. The van der Waals surface area contributed by atoms with Gasteiger partial charge in [0, 0.05) is 5.56 Å². The molecule has 0 radical (unpaired) electrons. The Hall–Kier alpha value is -3.88. The normalized spacial score (nSPS) is 12.2. The van der Waals surface area contributed by atoms with Crippen LogP contribution in [0.3, 0.4) is 0 Å². The molecule has 0 aliphatic rings. The number of ether oxygens (including phenoxy) is 3. The van der Waals surface area contributed by atoms with E-state index in [1.165, 1.54) is 11.3 Å². The number of rotatable bonds is 11. The van der Waals surface area contributed by atoms with E-state index in [0.717, 1.165) is 16.5 Å². The number of carbonyl (C=O) groups is 1. The summed E-state index contributed by atoms with van der Waals surface area (Å²) >= 11 is 1.22. The number of benzene rings is 3. The van der Waals surface area contributed by atoms with Crippen LogP contribution < -0.4 is 9.47 Å². The van der Waals surface area contributed by atoms with Gasteiger partial charge in [0.15, 0.2) is 5.06 Å². The van der Waals surface area contributed by atoms with Gasteiger partial charge in [-0.2, -0.15) is 0 Å². The van der Waals surface area contributed by atoms with Crippen molar-refractivity contribution >= 4 is 33.8 Å². The molecule has 0 fully saturated rings. The summed E-state index contributed by atoms with van der Waals surface area (Å²) in [7, 11) is 0. The smallest absolute Gasteiger partial charge is 0.361 e. The Bertz CT molecular complexity index is 1290. The van der Waals surface area contributed by atoms with E-state index >= 15 is 0 Å². The summed E-state index contributed by atoms with van der Waals surface area (Å²) in [5, 5.41) is 16.9. The number of nitrogens with zero attached hydrogens (tertiary/aromatic N) is 1. The molecule has 0 aliphatic heterocycles. The molecule has 1 atom stereocenters. The number of aliphatic hydroxyl groups excluding tert-OH is 1. The van der Waals surface area contributed by atoms with Gasteiger partial charge in [-0.1, -0.05) is 77.2 Å². The van der Waals surface area contributed by atoms with Gasteiger partial charge in [-0.25, -0.2) is 4.79 Å². The van der Waals surface area contributed by atoms with Crippen molar-refractivity contribution in [1.29, 1.82) is 0 Å². The van der Waals surface area contributed by atoms with Crippen molar-refractivity contribution < 1.29 is 28.9 Å². The molecule has 35 heavy (non-hydrogen) atoms. The zero-order valence-corrected chi connectivity index (χ0v) is 19.9. The Morgan fingerprint density at radius 2 is 1.66 bits per heavy atom. The van der Waals surface area contributed by atoms with Crippen LogP contribution in [0.5, 0.6) is 10.8 Å². The van der Waals surface area contributed by atoms with Gasteiger partial charge in [0.25, 0.3) is 6.29 Å². The lowest BCUT2D eigenvalue weighted by atomic mass is 10.1. The second-order valence-corrected chi connectivity index (χ2v) is 8.40. The largest absolute Gasteiger partial charge is 0.490 e. The lowest BCUT2D eigenvalue weighted by molar-refractivity contribution is -0.136. The molecule has 1 N–H and O–H groups in total. The van der Waals surface area contributed by atoms with Crippen LogP contribution in [0.4, 0.5) is 0 Å². The summed E-state index contributed by atoms with van der Waals surface area (Å²) in [6.07, 6.45) is -1.32. The van der Waals surface area contributed by atoms with Gasteiger partial charge in [0.2, 0.25) is 5.71 Å². The topological polar surface area (TPSA) is 86.6 Å². The summed E-state index contributed by atoms with van der Waals surface area (Å²) < 4.78 is 16.7. The molecule has 0 saturated carbocycles. The number of thiophene rings is 1. The van der Waals surface area contributed by atoms with Crippen LogP contribution in [0.2, 0.25) is 0 Å². The monoisotopic (exact) mass is 491 g/mol. The Labute approximate surface area is 207 Å². The van der Waals surface area contributed by atoms with Crippen molar-refractivity contribution in [3.63, 3.8) is 0 Å².